The van der Waals surface area contributed by atoms with Gasteiger partial charge in [-0.3, -0.25) is 4.79 Å². The first-order valence-electron chi connectivity index (χ1n) is 3.86. The number of hydrogen-bond acceptors (Lipinski definition) is 2. The summed E-state index contributed by atoms with van der Waals surface area (Å²) >= 11 is 3.21. The number of nitrogens with one attached hydrogen (secondary N) is 1. The van der Waals surface area contributed by atoms with Gasteiger partial charge in [-0.15, -0.1) is 0 Å². The van der Waals surface area contributed by atoms with Crippen LogP contribution in [0.4, 0.5) is 0 Å². The molecule has 0 unspecified atom stereocenters. The summed E-state index contributed by atoms with van der Waals surface area (Å²) < 4.78 is 2.40. The smallest absolute Gasteiger partial charge is 0.265 e. The number of nitrogens with zero attached hydrogens (tertiary/aromatic N) is 1. The van der Waals surface area contributed by atoms with E-state index in [9.17, 15) is 4.79 Å². The fraction of sp³-hybridized carbons (Fsp3) is 0.375. The monoisotopic (exact) mass is 228 g/mol. The Hall–Kier alpha value is -0.610. The standard InChI is InChI=1S/C8H9BrN2O/c9-7-2-1-3-11(8(7)12)6-4-10-5-6/h1-3,6,10H,4-5H2. The van der Waals surface area contributed by atoms with E-state index >= 15 is 0 Å². The second-order valence-corrected chi connectivity index (χ2v) is 3.73. The molecule has 0 bridgehead atoms. The molecule has 3 nitrogen and oxygen atoms in total. The Morgan fingerprint density at radius 3 is 2.92 bits per heavy atom. The van der Waals surface area contributed by atoms with Crippen LogP contribution in [0.3, 0.4) is 0 Å². The molecule has 0 aliphatic carbocycles. The van der Waals surface area contributed by atoms with E-state index in [1.54, 1.807) is 10.6 Å². The molecule has 2 rings (SSSR count). The van der Waals surface area contributed by atoms with Crippen LogP contribution in [0.2, 0.25) is 0 Å². The molecular weight excluding hydrogens is 220 g/mol. The van der Waals surface area contributed by atoms with E-state index in [4.69, 9.17) is 0 Å². The van der Waals surface area contributed by atoms with Crippen molar-refractivity contribution in [1.29, 1.82) is 0 Å². The minimum absolute atomic E-state index is 0.0593. The summed E-state index contributed by atoms with van der Waals surface area (Å²) in [5.41, 5.74) is 0.0593. The van der Waals surface area contributed by atoms with Crippen LogP contribution in [0.15, 0.2) is 27.6 Å². The van der Waals surface area contributed by atoms with Gasteiger partial charge in [0, 0.05) is 19.3 Å². The number of rotatable bonds is 1. The minimum atomic E-state index is 0.0593. The first-order valence-corrected chi connectivity index (χ1v) is 4.66. The van der Waals surface area contributed by atoms with Crippen LogP contribution in [0, 0.1) is 0 Å². The lowest BCUT2D eigenvalue weighted by Crippen LogP contribution is -2.46. The highest BCUT2D eigenvalue weighted by molar-refractivity contribution is 9.10. The third kappa shape index (κ3) is 1.21. The molecule has 1 saturated heterocycles. The largest absolute Gasteiger partial charge is 0.313 e. The molecule has 2 heterocycles. The van der Waals surface area contributed by atoms with E-state index in [-0.39, 0.29) is 5.56 Å². The van der Waals surface area contributed by atoms with Crippen molar-refractivity contribution in [2.24, 2.45) is 0 Å². The van der Waals surface area contributed by atoms with Gasteiger partial charge in [-0.2, -0.15) is 0 Å². The predicted molar refractivity (Wildman–Crippen MR) is 50.3 cm³/mol. The van der Waals surface area contributed by atoms with Crippen molar-refractivity contribution >= 4 is 15.9 Å². The van der Waals surface area contributed by atoms with Gasteiger partial charge in [0.2, 0.25) is 0 Å². The van der Waals surface area contributed by atoms with Crippen molar-refractivity contribution in [1.82, 2.24) is 9.88 Å². The first kappa shape index (κ1) is 8.01. The molecule has 0 amide bonds. The molecule has 0 atom stereocenters. The van der Waals surface area contributed by atoms with Crippen LogP contribution < -0.4 is 10.9 Å². The lowest BCUT2D eigenvalue weighted by molar-refractivity contribution is 0.335. The summed E-state index contributed by atoms with van der Waals surface area (Å²) in [7, 11) is 0. The molecule has 0 spiro atoms. The molecule has 1 aromatic rings. The molecule has 0 aromatic carbocycles. The van der Waals surface area contributed by atoms with Gasteiger partial charge in [-0.05, 0) is 28.1 Å². The number of pyridine rings is 1. The molecule has 0 radical (unpaired) electrons. The molecule has 64 valence electrons. The van der Waals surface area contributed by atoms with E-state index in [1.165, 1.54) is 0 Å². The quantitative estimate of drug-likeness (QED) is 0.771. The molecule has 1 aliphatic heterocycles. The van der Waals surface area contributed by atoms with Gasteiger partial charge < -0.3 is 9.88 Å². The van der Waals surface area contributed by atoms with Crippen molar-refractivity contribution < 1.29 is 0 Å². The molecule has 1 aliphatic rings. The average molecular weight is 229 g/mol. The average Bonchev–Trinajstić information content (AvgIpc) is 1.95. The van der Waals surface area contributed by atoms with Gasteiger partial charge in [-0.1, -0.05) is 0 Å². The summed E-state index contributed by atoms with van der Waals surface area (Å²) in [6.07, 6.45) is 1.83. The normalized spacial score (nSPS) is 17.4. The van der Waals surface area contributed by atoms with Crippen LogP contribution in [-0.2, 0) is 0 Å². The van der Waals surface area contributed by atoms with Crippen LogP contribution in [0.1, 0.15) is 6.04 Å². The van der Waals surface area contributed by atoms with E-state index in [0.717, 1.165) is 13.1 Å². The molecule has 1 aromatic heterocycles. The van der Waals surface area contributed by atoms with E-state index in [2.05, 4.69) is 21.2 Å². The Bertz CT molecular complexity index is 343. The second kappa shape index (κ2) is 3.03. The van der Waals surface area contributed by atoms with Gasteiger partial charge in [0.15, 0.2) is 0 Å². The van der Waals surface area contributed by atoms with E-state index in [0.29, 0.717) is 10.5 Å². The third-order valence-corrected chi connectivity index (χ3v) is 2.68. The Kier molecular flexibility index (Phi) is 2.02. The second-order valence-electron chi connectivity index (χ2n) is 2.88. The summed E-state index contributed by atoms with van der Waals surface area (Å²) in [5, 5.41) is 3.13. The maximum Gasteiger partial charge on any atom is 0.265 e. The van der Waals surface area contributed by atoms with Gasteiger partial charge in [0.1, 0.15) is 0 Å². The summed E-state index contributed by atoms with van der Waals surface area (Å²) in [5.74, 6) is 0. The highest BCUT2D eigenvalue weighted by Crippen LogP contribution is 2.10. The van der Waals surface area contributed by atoms with Gasteiger partial charge in [0.05, 0.1) is 10.5 Å². The number of halogens is 1. The van der Waals surface area contributed by atoms with Crippen molar-refractivity contribution in [3.05, 3.63) is 33.2 Å². The molecule has 0 saturated carbocycles. The number of hydrogen-bond donors (Lipinski definition) is 1. The zero-order chi connectivity index (χ0) is 8.55. The summed E-state index contributed by atoms with van der Waals surface area (Å²) in [4.78, 5) is 11.5. The van der Waals surface area contributed by atoms with E-state index < -0.39 is 0 Å². The predicted octanol–water partition coefficient (Wildman–Crippen LogP) is 0.755. The van der Waals surface area contributed by atoms with Crippen LogP contribution in [-0.4, -0.2) is 17.7 Å². The summed E-state index contributed by atoms with van der Waals surface area (Å²) in [6.45, 7) is 1.80. The first-order chi connectivity index (χ1) is 5.79. The molecular formula is C8H9BrN2O. The summed E-state index contributed by atoms with van der Waals surface area (Å²) in [6, 6.07) is 3.99. The Labute approximate surface area is 78.5 Å². The lowest BCUT2D eigenvalue weighted by atomic mass is 10.2. The maximum atomic E-state index is 11.5. The fourth-order valence-electron chi connectivity index (χ4n) is 1.24. The SMILES string of the molecule is O=c1c(Br)cccn1C1CNC1. The fourth-order valence-corrected chi connectivity index (χ4v) is 1.60. The zero-order valence-corrected chi connectivity index (χ0v) is 8.04. The van der Waals surface area contributed by atoms with E-state index in [1.807, 2.05) is 12.3 Å². The van der Waals surface area contributed by atoms with Crippen LogP contribution in [0.5, 0.6) is 0 Å². The van der Waals surface area contributed by atoms with Crippen LogP contribution >= 0.6 is 15.9 Å². The van der Waals surface area contributed by atoms with Crippen molar-refractivity contribution in [3.63, 3.8) is 0 Å². The molecule has 4 heteroatoms. The number of aromatic nitrogens is 1. The lowest BCUT2D eigenvalue weighted by Gasteiger charge is -2.28. The van der Waals surface area contributed by atoms with Crippen molar-refractivity contribution in [2.75, 3.05) is 13.1 Å². The minimum Gasteiger partial charge on any atom is -0.313 e. The topological polar surface area (TPSA) is 34.0 Å². The molecule has 12 heavy (non-hydrogen) atoms. The Morgan fingerprint density at radius 1 is 1.58 bits per heavy atom. The van der Waals surface area contributed by atoms with Gasteiger partial charge in [-0.25, -0.2) is 0 Å². The highest BCUT2D eigenvalue weighted by atomic mass is 79.9. The van der Waals surface area contributed by atoms with Gasteiger partial charge in [0.25, 0.3) is 5.56 Å². The Balaban J connectivity index is 2.43. The van der Waals surface area contributed by atoms with Crippen molar-refractivity contribution in [2.45, 2.75) is 6.04 Å². The molecule has 1 N–H and O–H groups in total. The van der Waals surface area contributed by atoms with Gasteiger partial charge >= 0.3 is 0 Å². The Morgan fingerprint density at radius 2 is 2.33 bits per heavy atom. The highest BCUT2D eigenvalue weighted by Gasteiger charge is 2.19. The maximum absolute atomic E-state index is 11.5. The zero-order valence-electron chi connectivity index (χ0n) is 6.46. The van der Waals surface area contributed by atoms with Crippen molar-refractivity contribution in [3.8, 4) is 0 Å². The molecule has 1 fully saturated rings. The third-order valence-electron chi connectivity index (χ3n) is 2.08. The van der Waals surface area contributed by atoms with Crippen LogP contribution in [0.25, 0.3) is 0 Å².